The number of fused-ring (bicyclic) bond motifs is 3. The van der Waals surface area contributed by atoms with Gasteiger partial charge in [-0.1, -0.05) is 13.8 Å². The maximum absolute atomic E-state index is 2.25. The first-order valence-corrected chi connectivity index (χ1v) is 6.73. The van der Waals surface area contributed by atoms with E-state index in [-0.39, 0.29) is 0 Å². The Labute approximate surface area is 107 Å². The van der Waals surface area contributed by atoms with Crippen LogP contribution in [0.2, 0.25) is 0 Å². The van der Waals surface area contributed by atoms with Gasteiger partial charge in [-0.15, -0.1) is 0 Å². The highest BCUT2D eigenvalue weighted by atomic mass is 15.4. The molecule has 0 aliphatic rings. The molecule has 3 heterocycles. The zero-order valence-corrected chi connectivity index (χ0v) is 11.1. The van der Waals surface area contributed by atoms with Crippen molar-refractivity contribution in [3.8, 4) is 0 Å². The van der Waals surface area contributed by atoms with Crippen LogP contribution in [-0.4, -0.2) is 9.03 Å². The van der Waals surface area contributed by atoms with Crippen LogP contribution in [0, 0.1) is 0 Å². The fraction of sp³-hybridized carbons (Fsp3) is 0.429. The van der Waals surface area contributed by atoms with Gasteiger partial charge in [0.1, 0.15) is 12.4 Å². The van der Waals surface area contributed by atoms with Crippen molar-refractivity contribution in [3.05, 3.63) is 37.2 Å². The Kier molecular flexibility index (Phi) is 2.78. The largest absolute Gasteiger partial charge is 0.287 e. The average molecular weight is 244 g/mol. The van der Waals surface area contributed by atoms with Crippen LogP contribution in [0.5, 0.6) is 0 Å². The molecule has 0 atom stereocenters. The number of rotatable bonds is 4. The van der Waals surface area contributed by atoms with Gasteiger partial charge in [-0.3, -0.25) is 0 Å². The normalized spacial score (nSPS) is 11.7. The van der Waals surface area contributed by atoms with Crippen LogP contribution in [0.4, 0.5) is 0 Å². The Bertz CT molecular complexity index is 618. The SMILES string of the molecule is CCC[n+]1cc2ccc3c[n+](CCC)cn3n2c1. The van der Waals surface area contributed by atoms with Crippen molar-refractivity contribution in [2.75, 3.05) is 0 Å². The minimum atomic E-state index is 1.07. The van der Waals surface area contributed by atoms with E-state index in [4.69, 9.17) is 0 Å². The Morgan fingerprint density at radius 2 is 1.28 bits per heavy atom. The monoisotopic (exact) mass is 244 g/mol. The quantitative estimate of drug-likeness (QED) is 0.620. The van der Waals surface area contributed by atoms with Crippen molar-refractivity contribution in [1.29, 1.82) is 0 Å². The van der Waals surface area contributed by atoms with Crippen molar-refractivity contribution in [3.63, 3.8) is 0 Å². The topological polar surface area (TPSA) is 16.6 Å². The van der Waals surface area contributed by atoms with E-state index in [1.807, 2.05) is 0 Å². The molecule has 3 aromatic heterocycles. The molecule has 4 heteroatoms. The van der Waals surface area contributed by atoms with E-state index in [1.54, 1.807) is 0 Å². The van der Waals surface area contributed by atoms with E-state index < -0.39 is 0 Å². The molecule has 0 N–H and O–H groups in total. The minimum absolute atomic E-state index is 1.07. The summed E-state index contributed by atoms with van der Waals surface area (Å²) in [6.45, 7) is 6.55. The van der Waals surface area contributed by atoms with Crippen LogP contribution >= 0.6 is 0 Å². The number of imidazole rings is 2. The highest BCUT2D eigenvalue weighted by Crippen LogP contribution is 2.06. The van der Waals surface area contributed by atoms with E-state index in [9.17, 15) is 0 Å². The third-order valence-corrected chi connectivity index (χ3v) is 3.26. The number of hydrogen-bond acceptors (Lipinski definition) is 0. The van der Waals surface area contributed by atoms with Gasteiger partial charge in [0.15, 0.2) is 0 Å². The van der Waals surface area contributed by atoms with E-state index in [2.05, 4.69) is 69.2 Å². The summed E-state index contributed by atoms with van der Waals surface area (Å²) >= 11 is 0. The summed E-state index contributed by atoms with van der Waals surface area (Å²) < 4.78 is 8.91. The van der Waals surface area contributed by atoms with Crippen LogP contribution < -0.4 is 9.13 Å². The zero-order valence-electron chi connectivity index (χ0n) is 11.1. The molecule has 0 radical (unpaired) electrons. The number of aromatic nitrogens is 4. The van der Waals surface area contributed by atoms with E-state index in [0.717, 1.165) is 25.9 Å². The second kappa shape index (κ2) is 4.44. The Hall–Kier alpha value is -1.84. The first-order chi connectivity index (χ1) is 8.81. The van der Waals surface area contributed by atoms with Crippen molar-refractivity contribution in [2.45, 2.75) is 39.8 Å². The fourth-order valence-corrected chi connectivity index (χ4v) is 2.47. The number of hydrogen-bond donors (Lipinski definition) is 0. The third kappa shape index (κ3) is 1.78. The molecule has 0 saturated carbocycles. The Morgan fingerprint density at radius 1 is 0.833 bits per heavy atom. The second-order valence-corrected chi connectivity index (χ2v) is 4.84. The zero-order chi connectivity index (χ0) is 12.5. The van der Waals surface area contributed by atoms with E-state index in [1.165, 1.54) is 11.0 Å². The summed E-state index contributed by atoms with van der Waals surface area (Å²) in [5.41, 5.74) is 2.46. The highest BCUT2D eigenvalue weighted by molar-refractivity contribution is 5.51. The van der Waals surface area contributed by atoms with Crippen molar-refractivity contribution < 1.29 is 9.13 Å². The molecule has 0 spiro atoms. The molecule has 0 saturated heterocycles. The van der Waals surface area contributed by atoms with E-state index in [0.29, 0.717) is 0 Å². The van der Waals surface area contributed by atoms with Crippen LogP contribution in [0.1, 0.15) is 26.7 Å². The highest BCUT2D eigenvalue weighted by Gasteiger charge is 2.16. The minimum Gasteiger partial charge on any atom is -0.233 e. The van der Waals surface area contributed by atoms with Gasteiger partial charge in [0.25, 0.3) is 12.7 Å². The van der Waals surface area contributed by atoms with Crippen LogP contribution in [0.25, 0.3) is 11.0 Å². The molecule has 0 bridgehead atoms. The first-order valence-electron chi connectivity index (χ1n) is 6.73. The summed E-state index contributed by atoms with van der Waals surface area (Å²) in [5.74, 6) is 0. The van der Waals surface area contributed by atoms with Gasteiger partial charge >= 0.3 is 0 Å². The van der Waals surface area contributed by atoms with Gasteiger partial charge in [-0.2, -0.15) is 0 Å². The van der Waals surface area contributed by atoms with Gasteiger partial charge < -0.3 is 0 Å². The lowest BCUT2D eigenvalue weighted by atomic mass is 10.4. The molecule has 0 amide bonds. The molecule has 3 aromatic rings. The molecule has 0 aliphatic heterocycles. The second-order valence-electron chi connectivity index (χ2n) is 4.84. The molecule has 0 unspecified atom stereocenters. The summed E-state index contributed by atoms with van der Waals surface area (Å²) in [6, 6.07) is 4.36. The van der Waals surface area contributed by atoms with Gasteiger partial charge in [-0.05, 0) is 34.0 Å². The molecule has 0 aliphatic carbocycles. The standard InChI is InChI=1S/C14H20N4/c1-3-7-15-9-13-5-6-14-10-16(8-4-2)12-18(14)17(13)11-15/h5-6,9-12H,3-4,7-8H2,1-2H3/q+2. The van der Waals surface area contributed by atoms with Crippen LogP contribution in [-0.2, 0) is 13.1 Å². The van der Waals surface area contributed by atoms with Crippen LogP contribution in [0.3, 0.4) is 0 Å². The first kappa shape index (κ1) is 11.3. The summed E-state index contributed by atoms with van der Waals surface area (Å²) in [6.07, 6.45) is 11.1. The van der Waals surface area contributed by atoms with Gasteiger partial charge in [0.05, 0.1) is 13.1 Å². The summed E-state index contributed by atoms with van der Waals surface area (Å²) in [5, 5.41) is 0. The van der Waals surface area contributed by atoms with Crippen molar-refractivity contribution >= 4 is 11.0 Å². The molecule has 3 rings (SSSR count). The summed E-state index contributed by atoms with van der Waals surface area (Å²) in [4.78, 5) is 0. The Morgan fingerprint density at radius 3 is 1.67 bits per heavy atom. The predicted molar refractivity (Wildman–Crippen MR) is 69.3 cm³/mol. The van der Waals surface area contributed by atoms with E-state index >= 15 is 0 Å². The smallest absolute Gasteiger partial charge is 0.233 e. The molecule has 0 fully saturated rings. The maximum Gasteiger partial charge on any atom is 0.287 e. The van der Waals surface area contributed by atoms with Crippen molar-refractivity contribution in [2.24, 2.45) is 0 Å². The molecule has 18 heavy (non-hydrogen) atoms. The van der Waals surface area contributed by atoms with Crippen molar-refractivity contribution in [1.82, 2.24) is 9.03 Å². The van der Waals surface area contributed by atoms with Crippen LogP contribution in [0.15, 0.2) is 37.2 Å². The summed E-state index contributed by atoms with van der Waals surface area (Å²) in [7, 11) is 0. The maximum atomic E-state index is 2.25. The predicted octanol–water partition coefficient (Wildman–Crippen LogP) is 1.59. The average Bonchev–Trinajstić information content (AvgIpc) is 2.91. The molecule has 94 valence electrons. The Balaban J connectivity index is 2.17. The molecule has 0 aromatic carbocycles. The number of aryl methyl sites for hydroxylation is 2. The lowest BCUT2D eigenvalue weighted by molar-refractivity contribution is -0.697. The molecular formula is C14H20N4+2. The lowest BCUT2D eigenvalue weighted by Crippen LogP contribution is -2.31. The van der Waals surface area contributed by atoms with Gasteiger partial charge in [0, 0.05) is 0 Å². The lowest BCUT2D eigenvalue weighted by Gasteiger charge is -1.86. The van der Waals surface area contributed by atoms with Gasteiger partial charge in [0.2, 0.25) is 11.0 Å². The fourth-order valence-electron chi connectivity index (χ4n) is 2.47. The number of nitrogens with zero attached hydrogens (tertiary/aromatic N) is 4. The third-order valence-electron chi connectivity index (χ3n) is 3.26. The molecule has 4 nitrogen and oxygen atoms in total. The molecular weight excluding hydrogens is 224 g/mol. The van der Waals surface area contributed by atoms with Gasteiger partial charge in [-0.25, -0.2) is 9.13 Å².